The van der Waals surface area contributed by atoms with Crippen molar-refractivity contribution in [3.63, 3.8) is 0 Å². The first-order chi connectivity index (χ1) is 13.7. The number of aliphatic imine (C=N–C) groups is 1. The summed E-state index contributed by atoms with van der Waals surface area (Å²) in [5, 5.41) is 0. The maximum absolute atomic E-state index is 12.8. The van der Waals surface area contributed by atoms with Gasteiger partial charge >= 0.3 is 0 Å². The Morgan fingerprint density at radius 3 is 2.45 bits per heavy atom. The van der Waals surface area contributed by atoms with Crippen LogP contribution in [0.4, 0.5) is 5.69 Å². The zero-order valence-corrected chi connectivity index (χ0v) is 18.1. The van der Waals surface area contributed by atoms with Crippen LogP contribution in [-0.2, 0) is 20.0 Å². The fourth-order valence-electron chi connectivity index (χ4n) is 3.11. The van der Waals surface area contributed by atoms with Gasteiger partial charge in [-0.2, -0.15) is 0 Å². The SMILES string of the molecule is Cc1ccc(C)c(S(=O)(=O)Nc2cccc(S(=O)(=O)NC3=NCCCCC3)c2)c1. The van der Waals surface area contributed by atoms with Gasteiger partial charge in [0, 0.05) is 13.0 Å². The molecule has 0 spiro atoms. The molecule has 0 aromatic heterocycles. The molecule has 0 saturated heterocycles. The van der Waals surface area contributed by atoms with Crippen molar-refractivity contribution in [2.45, 2.75) is 49.3 Å². The summed E-state index contributed by atoms with van der Waals surface area (Å²) >= 11 is 0. The van der Waals surface area contributed by atoms with Crippen molar-refractivity contribution >= 4 is 31.6 Å². The van der Waals surface area contributed by atoms with Crippen molar-refractivity contribution in [1.82, 2.24) is 4.72 Å². The molecule has 0 fully saturated rings. The largest absolute Gasteiger partial charge is 0.280 e. The molecule has 0 atom stereocenters. The molecular weight excluding hydrogens is 410 g/mol. The lowest BCUT2D eigenvalue weighted by molar-refractivity contribution is 0.591. The maximum Gasteiger partial charge on any atom is 0.262 e. The first-order valence-electron chi connectivity index (χ1n) is 9.44. The number of nitrogens with one attached hydrogen (secondary N) is 2. The topological polar surface area (TPSA) is 105 Å². The number of sulfonamides is 2. The van der Waals surface area contributed by atoms with Crippen molar-refractivity contribution in [3.8, 4) is 0 Å². The molecule has 0 saturated carbocycles. The summed E-state index contributed by atoms with van der Waals surface area (Å²) in [6.07, 6.45) is 3.43. The third-order valence-corrected chi connectivity index (χ3v) is 7.56. The van der Waals surface area contributed by atoms with Crippen LogP contribution in [0.1, 0.15) is 36.8 Å². The molecule has 9 heteroatoms. The molecule has 1 aliphatic rings. The van der Waals surface area contributed by atoms with E-state index in [1.54, 1.807) is 19.1 Å². The van der Waals surface area contributed by atoms with E-state index < -0.39 is 20.0 Å². The number of hydrogen-bond donors (Lipinski definition) is 2. The molecular formula is C20H25N3O4S2. The average molecular weight is 436 g/mol. The van der Waals surface area contributed by atoms with Gasteiger partial charge in [-0.3, -0.25) is 14.4 Å². The van der Waals surface area contributed by atoms with Crippen molar-refractivity contribution in [2.24, 2.45) is 4.99 Å². The molecule has 0 amide bonds. The predicted octanol–water partition coefficient (Wildman–Crippen LogP) is 3.36. The molecule has 7 nitrogen and oxygen atoms in total. The molecule has 1 aliphatic heterocycles. The van der Waals surface area contributed by atoms with E-state index in [4.69, 9.17) is 0 Å². The smallest absolute Gasteiger partial charge is 0.262 e. The van der Waals surface area contributed by atoms with E-state index in [1.807, 2.05) is 13.0 Å². The highest BCUT2D eigenvalue weighted by Gasteiger charge is 2.20. The van der Waals surface area contributed by atoms with Gasteiger partial charge in [0.05, 0.1) is 15.5 Å². The summed E-state index contributed by atoms with van der Waals surface area (Å²) in [4.78, 5) is 4.43. The highest BCUT2D eigenvalue weighted by atomic mass is 32.2. The van der Waals surface area contributed by atoms with Gasteiger partial charge in [-0.15, -0.1) is 0 Å². The summed E-state index contributed by atoms with van der Waals surface area (Å²) in [5.41, 5.74) is 1.61. The minimum atomic E-state index is -3.85. The Balaban J connectivity index is 1.85. The molecule has 29 heavy (non-hydrogen) atoms. The molecule has 0 aliphatic carbocycles. The number of nitrogens with zero attached hydrogens (tertiary/aromatic N) is 1. The zero-order valence-electron chi connectivity index (χ0n) is 16.5. The average Bonchev–Trinajstić information content (AvgIpc) is 2.91. The van der Waals surface area contributed by atoms with Crippen molar-refractivity contribution in [3.05, 3.63) is 53.6 Å². The van der Waals surface area contributed by atoms with E-state index in [1.165, 1.54) is 24.3 Å². The number of anilines is 1. The Morgan fingerprint density at radius 2 is 1.66 bits per heavy atom. The predicted molar refractivity (Wildman–Crippen MR) is 114 cm³/mol. The second-order valence-corrected chi connectivity index (χ2v) is 10.5. The molecule has 2 N–H and O–H groups in total. The summed E-state index contributed by atoms with van der Waals surface area (Å²) in [6.45, 7) is 4.13. The maximum atomic E-state index is 12.8. The minimum Gasteiger partial charge on any atom is -0.280 e. The van der Waals surface area contributed by atoms with Crippen LogP contribution >= 0.6 is 0 Å². The van der Waals surface area contributed by atoms with Crippen LogP contribution in [0.3, 0.4) is 0 Å². The summed E-state index contributed by atoms with van der Waals surface area (Å²) in [5.74, 6) is 0.448. The van der Waals surface area contributed by atoms with Gasteiger partial charge in [0.15, 0.2) is 0 Å². The van der Waals surface area contributed by atoms with Gasteiger partial charge < -0.3 is 0 Å². The molecule has 156 valence electrons. The van der Waals surface area contributed by atoms with Gasteiger partial charge in [-0.25, -0.2) is 16.8 Å². The van der Waals surface area contributed by atoms with Gasteiger partial charge in [0.2, 0.25) is 0 Å². The Bertz CT molecular complexity index is 1140. The van der Waals surface area contributed by atoms with Crippen LogP contribution in [0.5, 0.6) is 0 Å². The Kier molecular flexibility index (Phi) is 6.28. The third-order valence-electron chi connectivity index (χ3n) is 4.66. The van der Waals surface area contributed by atoms with Gasteiger partial charge in [0.25, 0.3) is 20.0 Å². The van der Waals surface area contributed by atoms with E-state index in [-0.39, 0.29) is 15.5 Å². The summed E-state index contributed by atoms with van der Waals surface area (Å²) in [7, 11) is -7.70. The lowest BCUT2D eigenvalue weighted by atomic mass is 10.2. The first kappa shape index (κ1) is 21.3. The molecule has 0 unspecified atom stereocenters. The number of amidine groups is 1. The normalized spacial score (nSPS) is 15.3. The fourth-order valence-corrected chi connectivity index (χ4v) is 5.62. The Morgan fingerprint density at radius 1 is 0.862 bits per heavy atom. The summed E-state index contributed by atoms with van der Waals surface area (Å²) < 4.78 is 56.1. The summed E-state index contributed by atoms with van der Waals surface area (Å²) in [6, 6.07) is 10.9. The van der Waals surface area contributed by atoms with Crippen LogP contribution in [0, 0.1) is 13.8 Å². The molecule has 0 bridgehead atoms. The highest BCUT2D eigenvalue weighted by Crippen LogP contribution is 2.22. The highest BCUT2D eigenvalue weighted by molar-refractivity contribution is 7.92. The second kappa shape index (κ2) is 8.54. The number of benzene rings is 2. The standard InChI is InChI=1S/C20H25N3O4S2/c1-15-10-11-16(2)19(13-15)29(26,27)22-17-7-6-8-18(14-17)28(24,25)23-20-9-4-3-5-12-21-20/h6-8,10-11,13-14,22H,3-5,9,12H2,1-2H3,(H,21,23). The quantitative estimate of drug-likeness (QED) is 0.751. The molecule has 1 heterocycles. The first-order valence-corrected chi connectivity index (χ1v) is 12.4. The monoisotopic (exact) mass is 435 g/mol. The van der Waals surface area contributed by atoms with E-state index in [9.17, 15) is 16.8 Å². The Hall–Kier alpha value is -2.39. The van der Waals surface area contributed by atoms with Crippen molar-refractivity contribution < 1.29 is 16.8 Å². The van der Waals surface area contributed by atoms with Crippen LogP contribution < -0.4 is 9.44 Å². The lowest BCUT2D eigenvalue weighted by Crippen LogP contribution is -2.30. The number of rotatable bonds is 5. The number of aryl methyl sites for hydroxylation is 2. The fraction of sp³-hybridized carbons (Fsp3) is 0.350. The minimum absolute atomic E-state index is 0.0226. The molecule has 3 rings (SSSR count). The van der Waals surface area contributed by atoms with Crippen LogP contribution in [0.2, 0.25) is 0 Å². The molecule has 2 aromatic carbocycles. The molecule has 2 aromatic rings. The van der Waals surface area contributed by atoms with Gasteiger partial charge in [-0.05, 0) is 62.1 Å². The molecule has 0 radical (unpaired) electrons. The van der Waals surface area contributed by atoms with Crippen molar-refractivity contribution in [2.75, 3.05) is 11.3 Å². The van der Waals surface area contributed by atoms with Crippen LogP contribution in [0.15, 0.2) is 57.2 Å². The van der Waals surface area contributed by atoms with E-state index >= 15 is 0 Å². The van der Waals surface area contributed by atoms with Crippen LogP contribution in [-0.4, -0.2) is 29.2 Å². The van der Waals surface area contributed by atoms with Crippen LogP contribution in [0.25, 0.3) is 0 Å². The van der Waals surface area contributed by atoms with Crippen molar-refractivity contribution in [1.29, 1.82) is 0 Å². The third kappa shape index (κ3) is 5.36. The van der Waals surface area contributed by atoms with E-state index in [0.717, 1.165) is 24.8 Å². The zero-order chi connectivity index (χ0) is 21.1. The second-order valence-electron chi connectivity index (χ2n) is 7.15. The Labute approximate surface area is 172 Å². The van der Waals surface area contributed by atoms with Gasteiger partial charge in [-0.1, -0.05) is 24.6 Å². The lowest BCUT2D eigenvalue weighted by Gasteiger charge is -2.13. The van der Waals surface area contributed by atoms with E-state index in [2.05, 4.69) is 14.4 Å². The van der Waals surface area contributed by atoms with Gasteiger partial charge in [0.1, 0.15) is 5.84 Å². The number of hydrogen-bond acceptors (Lipinski definition) is 5. The van der Waals surface area contributed by atoms with E-state index in [0.29, 0.717) is 24.4 Å².